The number of piperidine rings is 1. The van der Waals surface area contributed by atoms with Gasteiger partial charge in [-0.25, -0.2) is 0 Å². The Bertz CT molecular complexity index is 46.5. The Morgan fingerprint density at radius 2 is 2.00 bits per heavy atom. The standard InChI is InChI=1S/C6H13N.2CH4/c1-6-3-2-4-7-5-6;;/h6-7H,2-5H2,1H3;2*1H4. The fourth-order valence-corrected chi connectivity index (χ4v) is 1.03. The van der Waals surface area contributed by atoms with Gasteiger partial charge in [-0.1, -0.05) is 21.8 Å². The van der Waals surface area contributed by atoms with Crippen LogP contribution >= 0.6 is 0 Å². The summed E-state index contributed by atoms with van der Waals surface area (Å²) in [6.07, 6.45) is 2.80. The average molecular weight is 131 g/mol. The van der Waals surface area contributed by atoms with Crippen LogP contribution in [0.4, 0.5) is 0 Å². The highest BCUT2D eigenvalue weighted by atomic mass is 14.9. The van der Waals surface area contributed by atoms with Crippen molar-refractivity contribution in [3.8, 4) is 0 Å². The zero-order chi connectivity index (χ0) is 5.11. The molecule has 1 rings (SSSR count). The molecule has 1 heterocycles. The Labute approximate surface area is 59.8 Å². The second kappa shape index (κ2) is 6.09. The van der Waals surface area contributed by atoms with E-state index in [0.29, 0.717) is 0 Å². The van der Waals surface area contributed by atoms with Crippen LogP contribution in [0.2, 0.25) is 0 Å². The molecule has 58 valence electrons. The smallest absolute Gasteiger partial charge is 0.00231 e. The van der Waals surface area contributed by atoms with Crippen LogP contribution in [0.15, 0.2) is 0 Å². The molecule has 0 aliphatic carbocycles. The molecule has 1 aliphatic heterocycles. The van der Waals surface area contributed by atoms with Gasteiger partial charge in [0.05, 0.1) is 0 Å². The second-order valence-corrected chi connectivity index (χ2v) is 2.45. The van der Waals surface area contributed by atoms with Gasteiger partial charge >= 0.3 is 0 Å². The van der Waals surface area contributed by atoms with Crippen molar-refractivity contribution in [2.45, 2.75) is 34.6 Å². The molecule has 1 nitrogen and oxygen atoms in total. The molecule has 1 unspecified atom stereocenters. The SMILES string of the molecule is C.C.CC1CCCNC1. The summed E-state index contributed by atoms with van der Waals surface area (Å²) in [6, 6.07) is 0. The van der Waals surface area contributed by atoms with E-state index in [2.05, 4.69) is 12.2 Å². The molecule has 1 aliphatic rings. The molecule has 1 fully saturated rings. The lowest BCUT2D eigenvalue weighted by Gasteiger charge is -2.17. The lowest BCUT2D eigenvalue weighted by atomic mass is 10.0. The molecule has 9 heavy (non-hydrogen) atoms. The largest absolute Gasteiger partial charge is 0.316 e. The Kier molecular flexibility index (Phi) is 7.92. The van der Waals surface area contributed by atoms with Gasteiger partial charge in [0.15, 0.2) is 0 Å². The minimum atomic E-state index is 0. The van der Waals surface area contributed by atoms with Crippen LogP contribution in [0.3, 0.4) is 0 Å². The third kappa shape index (κ3) is 4.46. The van der Waals surface area contributed by atoms with E-state index in [0.717, 1.165) is 5.92 Å². The van der Waals surface area contributed by atoms with E-state index in [9.17, 15) is 0 Å². The summed E-state index contributed by atoms with van der Waals surface area (Å²) < 4.78 is 0. The van der Waals surface area contributed by atoms with Gasteiger partial charge in [0.2, 0.25) is 0 Å². The van der Waals surface area contributed by atoms with Crippen LogP contribution in [-0.4, -0.2) is 13.1 Å². The van der Waals surface area contributed by atoms with Gasteiger partial charge in [-0.15, -0.1) is 0 Å². The first-order valence-corrected chi connectivity index (χ1v) is 3.10. The van der Waals surface area contributed by atoms with Gasteiger partial charge in [-0.2, -0.15) is 0 Å². The number of hydrogen-bond acceptors (Lipinski definition) is 1. The molecule has 1 atom stereocenters. The highest BCUT2D eigenvalue weighted by Gasteiger charge is 2.04. The van der Waals surface area contributed by atoms with E-state index < -0.39 is 0 Å². The Hall–Kier alpha value is -0.0400. The van der Waals surface area contributed by atoms with Crippen molar-refractivity contribution >= 4 is 0 Å². The summed E-state index contributed by atoms with van der Waals surface area (Å²) in [4.78, 5) is 0. The molecule has 0 aromatic heterocycles. The molecular formula is C8H21N. The predicted octanol–water partition coefficient (Wildman–Crippen LogP) is 2.28. The zero-order valence-electron chi connectivity index (χ0n) is 4.91. The van der Waals surface area contributed by atoms with Gasteiger partial charge in [0, 0.05) is 0 Å². The first-order chi connectivity index (χ1) is 3.39. The summed E-state index contributed by atoms with van der Waals surface area (Å²) in [5, 5.41) is 3.33. The number of rotatable bonds is 0. The third-order valence-electron chi connectivity index (χ3n) is 1.54. The van der Waals surface area contributed by atoms with Gasteiger partial charge in [0.1, 0.15) is 0 Å². The average Bonchev–Trinajstić information content (AvgIpc) is 1.69. The minimum absolute atomic E-state index is 0. The van der Waals surface area contributed by atoms with Gasteiger partial charge in [-0.3, -0.25) is 0 Å². The van der Waals surface area contributed by atoms with Crippen molar-refractivity contribution in [2.75, 3.05) is 13.1 Å². The summed E-state index contributed by atoms with van der Waals surface area (Å²) in [6.45, 7) is 4.77. The van der Waals surface area contributed by atoms with Crippen LogP contribution in [0.1, 0.15) is 34.6 Å². The van der Waals surface area contributed by atoms with Crippen LogP contribution < -0.4 is 5.32 Å². The van der Waals surface area contributed by atoms with Crippen molar-refractivity contribution in [2.24, 2.45) is 5.92 Å². The van der Waals surface area contributed by atoms with E-state index in [-0.39, 0.29) is 14.9 Å². The first-order valence-electron chi connectivity index (χ1n) is 3.10. The molecule has 0 aromatic carbocycles. The molecule has 0 aromatic rings. The summed E-state index contributed by atoms with van der Waals surface area (Å²) >= 11 is 0. The fourth-order valence-electron chi connectivity index (χ4n) is 1.03. The van der Waals surface area contributed by atoms with Crippen molar-refractivity contribution in [1.29, 1.82) is 0 Å². The van der Waals surface area contributed by atoms with E-state index in [1.807, 2.05) is 0 Å². The van der Waals surface area contributed by atoms with Crippen LogP contribution in [0.25, 0.3) is 0 Å². The van der Waals surface area contributed by atoms with Crippen molar-refractivity contribution in [3.63, 3.8) is 0 Å². The topological polar surface area (TPSA) is 12.0 Å². The Balaban J connectivity index is 0. The zero-order valence-corrected chi connectivity index (χ0v) is 4.91. The molecule has 1 saturated heterocycles. The third-order valence-corrected chi connectivity index (χ3v) is 1.54. The lowest BCUT2D eigenvalue weighted by molar-refractivity contribution is 0.405. The summed E-state index contributed by atoms with van der Waals surface area (Å²) in [5.41, 5.74) is 0. The number of hydrogen-bond donors (Lipinski definition) is 1. The van der Waals surface area contributed by atoms with E-state index >= 15 is 0 Å². The van der Waals surface area contributed by atoms with Crippen LogP contribution in [-0.2, 0) is 0 Å². The second-order valence-electron chi connectivity index (χ2n) is 2.45. The maximum Gasteiger partial charge on any atom is -0.00231 e. The van der Waals surface area contributed by atoms with Crippen molar-refractivity contribution in [3.05, 3.63) is 0 Å². The van der Waals surface area contributed by atoms with Crippen molar-refractivity contribution < 1.29 is 0 Å². The lowest BCUT2D eigenvalue weighted by Crippen LogP contribution is -2.27. The molecule has 0 amide bonds. The molecule has 0 bridgehead atoms. The molecule has 0 radical (unpaired) electrons. The normalized spacial score (nSPS) is 25.7. The minimum Gasteiger partial charge on any atom is -0.316 e. The summed E-state index contributed by atoms with van der Waals surface area (Å²) in [7, 11) is 0. The molecule has 1 heteroatoms. The molecule has 0 spiro atoms. The van der Waals surface area contributed by atoms with E-state index in [1.165, 1.54) is 25.9 Å². The Morgan fingerprint density at radius 3 is 2.22 bits per heavy atom. The number of nitrogens with one attached hydrogen (secondary N) is 1. The maximum atomic E-state index is 3.33. The van der Waals surface area contributed by atoms with E-state index in [1.54, 1.807) is 0 Å². The summed E-state index contributed by atoms with van der Waals surface area (Å²) in [5.74, 6) is 0.925. The van der Waals surface area contributed by atoms with Crippen LogP contribution in [0.5, 0.6) is 0 Å². The quantitative estimate of drug-likeness (QED) is 0.532. The molecular weight excluding hydrogens is 110 g/mol. The first kappa shape index (κ1) is 11.7. The van der Waals surface area contributed by atoms with Gasteiger partial charge < -0.3 is 5.32 Å². The van der Waals surface area contributed by atoms with Crippen LogP contribution in [0, 0.1) is 5.92 Å². The monoisotopic (exact) mass is 131 g/mol. The fraction of sp³-hybridized carbons (Fsp3) is 1.00. The van der Waals surface area contributed by atoms with Gasteiger partial charge in [0.25, 0.3) is 0 Å². The molecule has 1 N–H and O–H groups in total. The highest BCUT2D eigenvalue weighted by Crippen LogP contribution is 2.06. The predicted molar refractivity (Wildman–Crippen MR) is 44.7 cm³/mol. The maximum absolute atomic E-state index is 3.33. The van der Waals surface area contributed by atoms with Crippen molar-refractivity contribution in [1.82, 2.24) is 5.32 Å². The van der Waals surface area contributed by atoms with E-state index in [4.69, 9.17) is 0 Å². The Morgan fingerprint density at radius 1 is 1.33 bits per heavy atom. The van der Waals surface area contributed by atoms with Gasteiger partial charge in [-0.05, 0) is 31.8 Å². The highest BCUT2D eigenvalue weighted by molar-refractivity contribution is 4.63. The molecule has 0 saturated carbocycles.